The van der Waals surface area contributed by atoms with Crippen LogP contribution >= 0.6 is 0 Å². The van der Waals surface area contributed by atoms with Gasteiger partial charge in [0.1, 0.15) is 0 Å². The van der Waals surface area contributed by atoms with Gasteiger partial charge in [-0.05, 0) is 6.42 Å². The van der Waals surface area contributed by atoms with E-state index in [4.69, 9.17) is 5.11 Å². The minimum absolute atomic E-state index is 0.0378. The Bertz CT molecular complexity index is 254. The predicted octanol–water partition coefficient (Wildman–Crippen LogP) is 0.865. The van der Waals surface area contributed by atoms with Gasteiger partial charge in [0.25, 0.3) is 0 Å². The van der Waals surface area contributed by atoms with Gasteiger partial charge in [0.15, 0.2) is 0 Å². The maximum absolute atomic E-state index is 11.5. The average Bonchev–Trinajstić information content (AvgIpc) is 2.26. The first-order chi connectivity index (χ1) is 8.10. The van der Waals surface area contributed by atoms with Gasteiger partial charge in [0, 0.05) is 19.6 Å². The lowest BCUT2D eigenvalue weighted by atomic mass is 10.3. The van der Waals surface area contributed by atoms with E-state index in [9.17, 15) is 9.59 Å². The van der Waals surface area contributed by atoms with Crippen LogP contribution in [0.3, 0.4) is 0 Å². The Balaban J connectivity index is 3.92. The Morgan fingerprint density at radius 2 is 2.18 bits per heavy atom. The lowest BCUT2D eigenvalue weighted by Crippen LogP contribution is -2.38. The third-order valence-corrected chi connectivity index (χ3v) is 2.25. The predicted molar refractivity (Wildman–Crippen MR) is 66.8 cm³/mol. The van der Waals surface area contributed by atoms with E-state index >= 15 is 0 Å². The van der Waals surface area contributed by atoms with Gasteiger partial charge in [0.05, 0.1) is 13.0 Å². The van der Waals surface area contributed by atoms with E-state index in [1.807, 2.05) is 0 Å². The molecule has 0 rings (SSSR count). The second-order valence-corrected chi connectivity index (χ2v) is 3.87. The van der Waals surface area contributed by atoms with Crippen LogP contribution in [0.5, 0.6) is 0 Å². The van der Waals surface area contributed by atoms with E-state index in [1.54, 1.807) is 11.0 Å². The summed E-state index contributed by atoms with van der Waals surface area (Å²) in [6, 6.07) is 0. The van der Waals surface area contributed by atoms with Crippen molar-refractivity contribution in [1.29, 1.82) is 0 Å². The first-order valence-corrected chi connectivity index (χ1v) is 5.91. The lowest BCUT2D eigenvalue weighted by molar-refractivity contribution is -0.137. The zero-order valence-corrected chi connectivity index (χ0v) is 10.4. The summed E-state index contributed by atoms with van der Waals surface area (Å²) < 4.78 is 0. The van der Waals surface area contributed by atoms with Crippen LogP contribution in [-0.2, 0) is 9.59 Å². The summed E-state index contributed by atoms with van der Waals surface area (Å²) in [4.78, 5) is 23.7. The summed E-state index contributed by atoms with van der Waals surface area (Å²) in [5.74, 6) is -0.920. The molecule has 5 heteroatoms. The van der Waals surface area contributed by atoms with Crippen molar-refractivity contribution in [3.8, 4) is 0 Å². The largest absolute Gasteiger partial charge is 0.481 e. The van der Waals surface area contributed by atoms with Crippen molar-refractivity contribution >= 4 is 11.9 Å². The third kappa shape index (κ3) is 9.56. The zero-order chi connectivity index (χ0) is 13.1. The zero-order valence-electron chi connectivity index (χ0n) is 10.4. The Labute approximate surface area is 102 Å². The van der Waals surface area contributed by atoms with Crippen molar-refractivity contribution in [2.75, 3.05) is 26.2 Å². The monoisotopic (exact) mass is 242 g/mol. The van der Waals surface area contributed by atoms with Crippen LogP contribution in [0.2, 0.25) is 0 Å². The quantitative estimate of drug-likeness (QED) is 0.440. The number of hydrogen-bond acceptors (Lipinski definition) is 3. The van der Waals surface area contributed by atoms with Crippen molar-refractivity contribution in [1.82, 2.24) is 10.2 Å². The van der Waals surface area contributed by atoms with E-state index in [0.29, 0.717) is 19.6 Å². The highest BCUT2D eigenvalue weighted by Gasteiger charge is 2.10. The van der Waals surface area contributed by atoms with E-state index in [1.165, 1.54) is 0 Å². The van der Waals surface area contributed by atoms with Crippen LogP contribution in [0.15, 0.2) is 12.7 Å². The van der Waals surface area contributed by atoms with Gasteiger partial charge in [-0.2, -0.15) is 0 Å². The summed E-state index contributed by atoms with van der Waals surface area (Å²) in [5.41, 5.74) is 0. The Hall–Kier alpha value is -1.36. The molecule has 5 nitrogen and oxygen atoms in total. The van der Waals surface area contributed by atoms with Gasteiger partial charge in [0.2, 0.25) is 5.91 Å². The molecule has 1 amide bonds. The van der Waals surface area contributed by atoms with Crippen LogP contribution in [0.25, 0.3) is 0 Å². The highest BCUT2D eigenvalue weighted by Crippen LogP contribution is 1.93. The van der Waals surface area contributed by atoms with Gasteiger partial charge in [-0.15, -0.1) is 6.58 Å². The van der Waals surface area contributed by atoms with Crippen molar-refractivity contribution in [2.45, 2.75) is 26.2 Å². The Kier molecular flexibility index (Phi) is 9.05. The number of nitrogens with one attached hydrogen (secondary N) is 1. The van der Waals surface area contributed by atoms with Crippen LogP contribution < -0.4 is 5.32 Å². The maximum Gasteiger partial charge on any atom is 0.304 e. The molecule has 0 fully saturated rings. The molecular formula is C12H22N2O3. The molecule has 98 valence electrons. The van der Waals surface area contributed by atoms with Gasteiger partial charge in [-0.25, -0.2) is 0 Å². The Morgan fingerprint density at radius 1 is 1.47 bits per heavy atom. The standard InChI is InChI=1S/C12H22N2O3/c1-3-5-7-13-11(15)10-14(8-4-2)9-6-12(16)17/h4H,2-3,5-10H2,1H3,(H,13,15)(H,16,17). The van der Waals surface area contributed by atoms with Crippen molar-refractivity contribution in [3.63, 3.8) is 0 Å². The molecule has 0 bridgehead atoms. The number of unbranched alkanes of at least 4 members (excludes halogenated alkanes) is 1. The van der Waals surface area contributed by atoms with Crippen LogP contribution in [0.4, 0.5) is 0 Å². The lowest BCUT2D eigenvalue weighted by Gasteiger charge is -2.18. The summed E-state index contributed by atoms with van der Waals surface area (Å²) in [6.07, 6.45) is 3.70. The van der Waals surface area contributed by atoms with Gasteiger partial charge in [-0.3, -0.25) is 14.5 Å². The molecule has 0 atom stereocenters. The number of carbonyl (C=O) groups is 2. The number of nitrogens with zero attached hydrogens (tertiary/aromatic N) is 1. The summed E-state index contributed by atoms with van der Waals surface area (Å²) >= 11 is 0. The van der Waals surface area contributed by atoms with Crippen molar-refractivity contribution in [2.24, 2.45) is 0 Å². The van der Waals surface area contributed by atoms with Gasteiger partial charge >= 0.3 is 5.97 Å². The molecule has 0 radical (unpaired) electrons. The van der Waals surface area contributed by atoms with E-state index in [2.05, 4.69) is 18.8 Å². The summed E-state index contributed by atoms with van der Waals surface area (Å²) in [7, 11) is 0. The number of carboxylic acids is 1. The normalized spacial score (nSPS) is 10.2. The van der Waals surface area contributed by atoms with E-state index in [-0.39, 0.29) is 18.9 Å². The fraction of sp³-hybridized carbons (Fsp3) is 0.667. The van der Waals surface area contributed by atoms with Crippen LogP contribution in [-0.4, -0.2) is 48.1 Å². The highest BCUT2D eigenvalue weighted by atomic mass is 16.4. The van der Waals surface area contributed by atoms with Crippen LogP contribution in [0, 0.1) is 0 Å². The fourth-order valence-corrected chi connectivity index (χ4v) is 1.33. The molecule has 0 aromatic carbocycles. The second kappa shape index (κ2) is 9.84. The molecule has 0 saturated carbocycles. The molecule has 0 aromatic rings. The number of amides is 1. The molecule has 0 saturated heterocycles. The number of rotatable bonds is 10. The minimum atomic E-state index is -0.856. The van der Waals surface area contributed by atoms with Gasteiger partial charge < -0.3 is 10.4 Å². The molecule has 0 aliphatic rings. The van der Waals surface area contributed by atoms with Gasteiger partial charge in [-0.1, -0.05) is 19.4 Å². The second-order valence-electron chi connectivity index (χ2n) is 3.87. The van der Waals surface area contributed by atoms with E-state index in [0.717, 1.165) is 12.8 Å². The molecule has 2 N–H and O–H groups in total. The van der Waals surface area contributed by atoms with E-state index < -0.39 is 5.97 Å². The van der Waals surface area contributed by atoms with Crippen molar-refractivity contribution < 1.29 is 14.7 Å². The summed E-state index contributed by atoms with van der Waals surface area (Å²) in [6.45, 7) is 7.44. The molecule has 0 heterocycles. The number of carbonyl (C=O) groups excluding carboxylic acids is 1. The van der Waals surface area contributed by atoms with Crippen LogP contribution in [0.1, 0.15) is 26.2 Å². The molecular weight excluding hydrogens is 220 g/mol. The fourth-order valence-electron chi connectivity index (χ4n) is 1.33. The topological polar surface area (TPSA) is 69.6 Å². The first-order valence-electron chi connectivity index (χ1n) is 5.91. The minimum Gasteiger partial charge on any atom is -0.481 e. The summed E-state index contributed by atoms with van der Waals surface area (Å²) in [5, 5.41) is 11.4. The number of hydrogen-bond donors (Lipinski definition) is 2. The molecule has 0 aliphatic carbocycles. The first kappa shape index (κ1) is 15.6. The highest BCUT2D eigenvalue weighted by molar-refractivity contribution is 5.78. The molecule has 0 unspecified atom stereocenters. The number of aliphatic carboxylic acids is 1. The smallest absolute Gasteiger partial charge is 0.304 e. The Morgan fingerprint density at radius 3 is 2.71 bits per heavy atom. The van der Waals surface area contributed by atoms with Crippen molar-refractivity contribution in [3.05, 3.63) is 12.7 Å². The molecule has 0 aromatic heterocycles. The molecule has 17 heavy (non-hydrogen) atoms. The SMILES string of the molecule is C=CCN(CCC(=O)O)CC(=O)NCCCC. The maximum atomic E-state index is 11.5. The average molecular weight is 242 g/mol. The third-order valence-electron chi connectivity index (χ3n) is 2.25. The number of carboxylic acid groups (broad SMARTS) is 1. The molecule has 0 aliphatic heterocycles. The molecule has 0 spiro atoms.